The number of nitrogens with one attached hydrogen (secondary N) is 1. The highest BCUT2D eigenvalue weighted by Crippen LogP contribution is 2.33. The van der Waals surface area contributed by atoms with Gasteiger partial charge in [0, 0.05) is 18.1 Å². The number of carbonyl (C=O) groups is 3. The quantitative estimate of drug-likeness (QED) is 0.846. The maximum Gasteiger partial charge on any atom is 0.325 e. The topological polar surface area (TPSA) is 69.7 Å². The Morgan fingerprint density at radius 2 is 1.83 bits per heavy atom. The van der Waals surface area contributed by atoms with Crippen molar-refractivity contribution in [2.24, 2.45) is 0 Å². The van der Waals surface area contributed by atoms with Gasteiger partial charge in [-0.3, -0.25) is 14.5 Å². The van der Waals surface area contributed by atoms with Gasteiger partial charge in [-0.25, -0.2) is 4.79 Å². The van der Waals surface area contributed by atoms with Crippen LogP contribution >= 0.6 is 11.6 Å². The molecule has 2 heterocycles. The minimum Gasteiger partial charge on any atom is -0.341 e. The second-order valence-electron chi connectivity index (χ2n) is 6.18. The van der Waals surface area contributed by atoms with Gasteiger partial charge in [-0.05, 0) is 37.0 Å². The lowest BCUT2D eigenvalue weighted by atomic mass is 9.87. The van der Waals surface area contributed by atoms with Gasteiger partial charge in [0.05, 0.1) is 0 Å². The highest BCUT2D eigenvalue weighted by molar-refractivity contribution is 6.30. The molecule has 0 spiro atoms. The van der Waals surface area contributed by atoms with Gasteiger partial charge in [-0.1, -0.05) is 30.7 Å². The number of nitrogens with zero attached hydrogens (tertiary/aromatic N) is 2. The van der Waals surface area contributed by atoms with Crippen LogP contribution in [0.1, 0.15) is 31.7 Å². The maximum atomic E-state index is 12.9. The van der Waals surface area contributed by atoms with Crippen LogP contribution in [0.4, 0.5) is 4.79 Å². The largest absolute Gasteiger partial charge is 0.341 e. The standard InChI is InChI=1S/C17H20ClN3O3/c1-2-17(12-5-7-13(18)8-6-12)15(23)21(16(24)19-17)11-14(22)20-9-3-4-10-20/h5-8H,2-4,9-11H2,1H3,(H,19,24). The molecule has 128 valence electrons. The minimum absolute atomic E-state index is 0.181. The minimum atomic E-state index is -1.13. The molecular formula is C17H20ClN3O3. The van der Waals surface area contributed by atoms with E-state index >= 15 is 0 Å². The van der Waals surface area contributed by atoms with E-state index in [1.165, 1.54) is 0 Å². The summed E-state index contributed by atoms with van der Waals surface area (Å²) >= 11 is 5.91. The number of benzene rings is 1. The summed E-state index contributed by atoms with van der Waals surface area (Å²) < 4.78 is 0. The van der Waals surface area contributed by atoms with Crippen molar-refractivity contribution in [1.29, 1.82) is 0 Å². The summed E-state index contributed by atoms with van der Waals surface area (Å²) in [6.07, 6.45) is 2.33. The highest BCUT2D eigenvalue weighted by atomic mass is 35.5. The third kappa shape index (κ3) is 2.75. The lowest BCUT2D eigenvalue weighted by Gasteiger charge is -2.26. The number of halogens is 1. The van der Waals surface area contributed by atoms with E-state index in [4.69, 9.17) is 11.6 Å². The number of urea groups is 1. The first kappa shape index (κ1) is 16.8. The van der Waals surface area contributed by atoms with Gasteiger partial charge in [-0.2, -0.15) is 0 Å². The van der Waals surface area contributed by atoms with Crippen molar-refractivity contribution < 1.29 is 14.4 Å². The molecular weight excluding hydrogens is 330 g/mol. The Morgan fingerprint density at radius 1 is 1.21 bits per heavy atom. The normalized spacial score (nSPS) is 23.8. The van der Waals surface area contributed by atoms with Crippen LogP contribution in [-0.4, -0.2) is 47.3 Å². The van der Waals surface area contributed by atoms with Crippen LogP contribution in [0.5, 0.6) is 0 Å². The highest BCUT2D eigenvalue weighted by Gasteiger charge is 2.51. The van der Waals surface area contributed by atoms with Crippen LogP contribution in [-0.2, 0) is 15.1 Å². The average Bonchev–Trinajstić information content (AvgIpc) is 3.19. The van der Waals surface area contributed by atoms with Gasteiger partial charge in [0.2, 0.25) is 5.91 Å². The first-order valence-electron chi connectivity index (χ1n) is 8.16. The molecule has 1 aromatic carbocycles. The van der Waals surface area contributed by atoms with Gasteiger partial charge < -0.3 is 10.2 Å². The Labute approximate surface area is 145 Å². The van der Waals surface area contributed by atoms with Crippen molar-refractivity contribution in [3.63, 3.8) is 0 Å². The Balaban J connectivity index is 1.83. The maximum absolute atomic E-state index is 12.9. The summed E-state index contributed by atoms with van der Waals surface area (Å²) in [6.45, 7) is 3.01. The van der Waals surface area contributed by atoms with E-state index in [0.29, 0.717) is 30.1 Å². The molecule has 24 heavy (non-hydrogen) atoms. The molecule has 0 saturated carbocycles. The van der Waals surface area contributed by atoms with Crippen LogP contribution in [0.3, 0.4) is 0 Å². The van der Waals surface area contributed by atoms with Crippen molar-refractivity contribution in [3.8, 4) is 0 Å². The molecule has 7 heteroatoms. The number of hydrogen-bond donors (Lipinski definition) is 1. The lowest BCUT2D eigenvalue weighted by molar-refractivity contribution is -0.138. The summed E-state index contributed by atoms with van der Waals surface area (Å²) in [5.74, 6) is -0.566. The predicted octanol–water partition coefficient (Wildman–Crippen LogP) is 2.12. The first-order valence-corrected chi connectivity index (χ1v) is 8.53. The summed E-state index contributed by atoms with van der Waals surface area (Å²) in [4.78, 5) is 40.3. The zero-order chi connectivity index (χ0) is 17.3. The molecule has 6 nitrogen and oxygen atoms in total. The molecule has 0 bridgehead atoms. The van der Waals surface area contributed by atoms with Crippen molar-refractivity contribution in [1.82, 2.24) is 15.1 Å². The van der Waals surface area contributed by atoms with E-state index in [0.717, 1.165) is 17.7 Å². The van der Waals surface area contributed by atoms with Gasteiger partial charge in [0.1, 0.15) is 12.1 Å². The van der Waals surface area contributed by atoms with Crippen LogP contribution in [0.25, 0.3) is 0 Å². The van der Waals surface area contributed by atoms with Crippen molar-refractivity contribution in [2.45, 2.75) is 31.7 Å². The Hall–Kier alpha value is -2.08. The molecule has 1 atom stereocenters. The molecule has 1 aromatic rings. The third-order valence-electron chi connectivity index (χ3n) is 4.80. The molecule has 2 aliphatic heterocycles. The fourth-order valence-electron chi connectivity index (χ4n) is 3.35. The summed E-state index contributed by atoms with van der Waals surface area (Å²) in [7, 11) is 0. The Bertz CT molecular complexity index is 670. The lowest BCUT2D eigenvalue weighted by Crippen LogP contribution is -2.45. The molecule has 2 saturated heterocycles. The van der Waals surface area contributed by atoms with Gasteiger partial charge in [0.15, 0.2) is 0 Å². The average molecular weight is 350 g/mol. The van der Waals surface area contributed by atoms with Crippen LogP contribution < -0.4 is 5.32 Å². The molecule has 2 fully saturated rings. The molecule has 0 aromatic heterocycles. The number of carbonyl (C=O) groups excluding carboxylic acids is 3. The number of amides is 4. The molecule has 3 rings (SSSR count). The number of imide groups is 1. The van der Waals surface area contributed by atoms with E-state index < -0.39 is 11.6 Å². The molecule has 4 amide bonds. The van der Waals surface area contributed by atoms with Gasteiger partial charge >= 0.3 is 6.03 Å². The number of likely N-dealkylation sites (tertiary alicyclic amines) is 1. The van der Waals surface area contributed by atoms with Crippen LogP contribution in [0, 0.1) is 0 Å². The zero-order valence-electron chi connectivity index (χ0n) is 13.5. The van der Waals surface area contributed by atoms with Gasteiger partial charge in [0.25, 0.3) is 5.91 Å². The van der Waals surface area contributed by atoms with E-state index in [9.17, 15) is 14.4 Å². The molecule has 1 N–H and O–H groups in total. The molecule has 2 aliphatic rings. The first-order chi connectivity index (χ1) is 11.5. The zero-order valence-corrected chi connectivity index (χ0v) is 14.3. The smallest absolute Gasteiger partial charge is 0.325 e. The second kappa shape index (κ2) is 6.43. The van der Waals surface area contributed by atoms with E-state index in [-0.39, 0.29) is 18.4 Å². The van der Waals surface area contributed by atoms with E-state index in [2.05, 4.69) is 5.32 Å². The van der Waals surface area contributed by atoms with E-state index in [1.807, 2.05) is 6.92 Å². The summed E-state index contributed by atoms with van der Waals surface area (Å²) in [5, 5.41) is 3.33. The van der Waals surface area contributed by atoms with E-state index in [1.54, 1.807) is 29.2 Å². The van der Waals surface area contributed by atoms with Crippen molar-refractivity contribution >= 4 is 29.4 Å². The fourth-order valence-corrected chi connectivity index (χ4v) is 3.47. The molecule has 0 radical (unpaired) electrons. The SMILES string of the molecule is CCC1(c2ccc(Cl)cc2)NC(=O)N(CC(=O)N2CCCC2)C1=O. The number of hydrogen-bond acceptors (Lipinski definition) is 3. The summed E-state index contributed by atoms with van der Waals surface area (Å²) in [5.41, 5.74) is -0.462. The van der Waals surface area contributed by atoms with Crippen molar-refractivity contribution in [3.05, 3.63) is 34.9 Å². The Kier molecular flexibility index (Phi) is 4.49. The second-order valence-corrected chi connectivity index (χ2v) is 6.61. The Morgan fingerprint density at radius 3 is 2.42 bits per heavy atom. The van der Waals surface area contributed by atoms with Crippen molar-refractivity contribution in [2.75, 3.05) is 19.6 Å². The number of rotatable bonds is 4. The molecule has 1 unspecified atom stereocenters. The van der Waals surface area contributed by atoms with Crippen LogP contribution in [0.15, 0.2) is 24.3 Å². The fraction of sp³-hybridized carbons (Fsp3) is 0.471. The summed E-state index contributed by atoms with van der Waals surface area (Å²) in [6, 6.07) is 6.31. The van der Waals surface area contributed by atoms with Crippen LogP contribution in [0.2, 0.25) is 5.02 Å². The third-order valence-corrected chi connectivity index (χ3v) is 5.05. The van der Waals surface area contributed by atoms with Gasteiger partial charge in [-0.15, -0.1) is 0 Å². The predicted molar refractivity (Wildman–Crippen MR) is 89.5 cm³/mol. The monoisotopic (exact) mass is 349 g/mol. The molecule has 0 aliphatic carbocycles.